The second kappa shape index (κ2) is 9.18. The number of nitrogens with zero attached hydrogens (tertiary/aromatic N) is 1. The SMILES string of the molecule is CN(CC(=O)NCc1ccccc1)CC(=O)Nc1ccccc1C(F)(F)F. The lowest BCUT2D eigenvalue weighted by molar-refractivity contribution is -0.137. The van der Waals surface area contributed by atoms with E-state index in [4.69, 9.17) is 0 Å². The summed E-state index contributed by atoms with van der Waals surface area (Å²) in [6.07, 6.45) is -4.56. The molecule has 0 spiro atoms. The minimum Gasteiger partial charge on any atom is -0.351 e. The molecule has 0 atom stereocenters. The number of likely N-dealkylation sites (N-methyl/N-ethyl adjacent to an activating group) is 1. The second-order valence-corrected chi connectivity index (χ2v) is 6.03. The molecular weight excluding hydrogens is 359 g/mol. The molecule has 2 N–H and O–H groups in total. The molecule has 0 bridgehead atoms. The Bertz CT molecular complexity index is 779. The van der Waals surface area contributed by atoms with E-state index in [9.17, 15) is 22.8 Å². The van der Waals surface area contributed by atoms with Gasteiger partial charge >= 0.3 is 6.18 Å². The molecule has 0 heterocycles. The third kappa shape index (κ3) is 6.74. The van der Waals surface area contributed by atoms with Gasteiger partial charge in [-0.2, -0.15) is 13.2 Å². The van der Waals surface area contributed by atoms with Gasteiger partial charge in [0, 0.05) is 6.54 Å². The quantitative estimate of drug-likeness (QED) is 0.778. The van der Waals surface area contributed by atoms with E-state index in [-0.39, 0.29) is 24.7 Å². The van der Waals surface area contributed by atoms with Crippen molar-refractivity contribution < 1.29 is 22.8 Å². The van der Waals surface area contributed by atoms with E-state index >= 15 is 0 Å². The molecule has 2 rings (SSSR count). The predicted octanol–water partition coefficient (Wildman–Crippen LogP) is 2.89. The minimum atomic E-state index is -4.56. The van der Waals surface area contributed by atoms with Crippen LogP contribution in [0.25, 0.3) is 0 Å². The number of para-hydroxylation sites is 1. The predicted molar refractivity (Wildman–Crippen MR) is 95.9 cm³/mol. The number of halogens is 3. The lowest BCUT2D eigenvalue weighted by Crippen LogP contribution is -2.38. The van der Waals surface area contributed by atoms with Crippen LogP contribution < -0.4 is 10.6 Å². The molecule has 0 aliphatic carbocycles. The standard InChI is InChI=1S/C19H20F3N3O2/c1-25(12-17(26)23-11-14-7-3-2-4-8-14)13-18(27)24-16-10-6-5-9-15(16)19(20,21)22/h2-10H,11-13H2,1H3,(H,23,26)(H,24,27). The van der Waals surface area contributed by atoms with Crippen LogP contribution in [0.2, 0.25) is 0 Å². The summed E-state index contributed by atoms with van der Waals surface area (Å²) in [6.45, 7) is 0.0881. The average Bonchev–Trinajstić information content (AvgIpc) is 2.60. The Morgan fingerprint density at radius 2 is 1.52 bits per heavy atom. The summed E-state index contributed by atoms with van der Waals surface area (Å²) in [4.78, 5) is 25.4. The summed E-state index contributed by atoms with van der Waals surface area (Å²) in [7, 11) is 1.54. The maximum absolute atomic E-state index is 12.9. The van der Waals surface area contributed by atoms with Crippen LogP contribution in [0.5, 0.6) is 0 Å². The molecule has 0 saturated carbocycles. The molecular formula is C19H20F3N3O2. The van der Waals surface area contributed by atoms with Gasteiger partial charge in [0.05, 0.1) is 24.3 Å². The van der Waals surface area contributed by atoms with E-state index in [1.165, 1.54) is 30.1 Å². The van der Waals surface area contributed by atoms with Crippen molar-refractivity contribution in [3.8, 4) is 0 Å². The molecule has 0 saturated heterocycles. The van der Waals surface area contributed by atoms with E-state index in [1.54, 1.807) is 0 Å². The Morgan fingerprint density at radius 3 is 2.19 bits per heavy atom. The first-order chi connectivity index (χ1) is 12.8. The summed E-state index contributed by atoms with van der Waals surface area (Å²) in [6, 6.07) is 14.1. The number of carbonyl (C=O) groups excluding carboxylic acids is 2. The van der Waals surface area contributed by atoms with Crippen molar-refractivity contribution in [2.45, 2.75) is 12.7 Å². The largest absolute Gasteiger partial charge is 0.418 e. The van der Waals surface area contributed by atoms with Crippen LogP contribution in [0.1, 0.15) is 11.1 Å². The van der Waals surface area contributed by atoms with Gasteiger partial charge in [-0.15, -0.1) is 0 Å². The second-order valence-electron chi connectivity index (χ2n) is 6.03. The van der Waals surface area contributed by atoms with E-state index in [0.29, 0.717) is 6.54 Å². The van der Waals surface area contributed by atoms with Gasteiger partial charge in [-0.1, -0.05) is 42.5 Å². The van der Waals surface area contributed by atoms with Crippen molar-refractivity contribution in [3.63, 3.8) is 0 Å². The van der Waals surface area contributed by atoms with Gasteiger partial charge in [-0.25, -0.2) is 0 Å². The van der Waals surface area contributed by atoms with Crippen molar-refractivity contribution in [2.75, 3.05) is 25.5 Å². The zero-order valence-corrected chi connectivity index (χ0v) is 14.7. The third-order valence-corrected chi connectivity index (χ3v) is 3.67. The smallest absolute Gasteiger partial charge is 0.351 e. The third-order valence-electron chi connectivity index (χ3n) is 3.67. The van der Waals surface area contributed by atoms with Gasteiger partial charge in [0.2, 0.25) is 11.8 Å². The van der Waals surface area contributed by atoms with Crippen LogP contribution >= 0.6 is 0 Å². The van der Waals surface area contributed by atoms with Gasteiger partial charge in [-0.05, 0) is 24.7 Å². The van der Waals surface area contributed by atoms with Crippen LogP contribution in [-0.2, 0) is 22.3 Å². The molecule has 144 valence electrons. The molecule has 0 radical (unpaired) electrons. The molecule has 0 fully saturated rings. The van der Waals surface area contributed by atoms with E-state index in [0.717, 1.165) is 11.6 Å². The molecule has 2 amide bonds. The number of amides is 2. The lowest BCUT2D eigenvalue weighted by Gasteiger charge is -2.17. The molecule has 27 heavy (non-hydrogen) atoms. The fraction of sp³-hybridized carbons (Fsp3) is 0.263. The van der Waals surface area contributed by atoms with Crippen molar-refractivity contribution in [3.05, 3.63) is 65.7 Å². The highest BCUT2D eigenvalue weighted by Crippen LogP contribution is 2.34. The number of rotatable bonds is 7. The number of anilines is 1. The monoisotopic (exact) mass is 379 g/mol. The van der Waals surface area contributed by atoms with E-state index < -0.39 is 17.6 Å². The molecule has 0 unspecified atom stereocenters. The Kier molecular flexibility index (Phi) is 6.95. The number of alkyl halides is 3. The first-order valence-electron chi connectivity index (χ1n) is 8.21. The molecule has 0 aromatic heterocycles. The van der Waals surface area contributed by atoms with Crippen LogP contribution in [0.15, 0.2) is 54.6 Å². The van der Waals surface area contributed by atoms with Crippen molar-refractivity contribution in [1.29, 1.82) is 0 Å². The highest BCUT2D eigenvalue weighted by atomic mass is 19.4. The van der Waals surface area contributed by atoms with Gasteiger partial charge in [-0.3, -0.25) is 14.5 Å². The first-order valence-corrected chi connectivity index (χ1v) is 8.21. The Balaban J connectivity index is 1.83. The summed E-state index contributed by atoms with van der Waals surface area (Å²) in [5.74, 6) is -0.921. The Labute approximate surface area is 155 Å². The summed E-state index contributed by atoms with van der Waals surface area (Å²) >= 11 is 0. The van der Waals surface area contributed by atoms with Crippen LogP contribution in [0.4, 0.5) is 18.9 Å². The summed E-state index contributed by atoms with van der Waals surface area (Å²) < 4.78 is 38.8. The lowest BCUT2D eigenvalue weighted by atomic mass is 10.1. The topological polar surface area (TPSA) is 61.4 Å². The van der Waals surface area contributed by atoms with Crippen molar-refractivity contribution in [1.82, 2.24) is 10.2 Å². The Hall–Kier alpha value is -2.87. The average molecular weight is 379 g/mol. The van der Waals surface area contributed by atoms with Gasteiger partial charge in [0.25, 0.3) is 0 Å². The Morgan fingerprint density at radius 1 is 0.926 bits per heavy atom. The van der Waals surface area contributed by atoms with Crippen LogP contribution in [0.3, 0.4) is 0 Å². The summed E-state index contributed by atoms with van der Waals surface area (Å²) in [5, 5.41) is 4.97. The molecule has 8 heteroatoms. The molecule has 0 aliphatic heterocycles. The van der Waals surface area contributed by atoms with Crippen LogP contribution in [-0.4, -0.2) is 36.9 Å². The van der Waals surface area contributed by atoms with E-state index in [1.807, 2.05) is 30.3 Å². The van der Waals surface area contributed by atoms with Gasteiger partial charge < -0.3 is 10.6 Å². The van der Waals surface area contributed by atoms with Gasteiger partial charge in [0.15, 0.2) is 0 Å². The number of hydrogen-bond acceptors (Lipinski definition) is 3. The fourth-order valence-corrected chi connectivity index (χ4v) is 2.43. The zero-order chi connectivity index (χ0) is 19.9. The highest BCUT2D eigenvalue weighted by molar-refractivity contribution is 5.93. The van der Waals surface area contributed by atoms with Crippen molar-refractivity contribution >= 4 is 17.5 Å². The summed E-state index contributed by atoms with van der Waals surface area (Å²) in [5.41, 5.74) is -0.284. The fourth-order valence-electron chi connectivity index (χ4n) is 2.43. The highest BCUT2D eigenvalue weighted by Gasteiger charge is 2.33. The molecule has 2 aromatic rings. The molecule has 2 aromatic carbocycles. The number of nitrogens with one attached hydrogen (secondary N) is 2. The van der Waals surface area contributed by atoms with E-state index in [2.05, 4.69) is 10.6 Å². The van der Waals surface area contributed by atoms with Crippen LogP contribution in [0, 0.1) is 0 Å². The zero-order valence-electron chi connectivity index (χ0n) is 14.7. The first kappa shape index (κ1) is 20.4. The normalized spacial score (nSPS) is 11.3. The number of hydrogen-bond donors (Lipinski definition) is 2. The minimum absolute atomic E-state index is 0.0544. The molecule has 0 aliphatic rings. The number of carbonyl (C=O) groups is 2. The number of benzene rings is 2. The maximum Gasteiger partial charge on any atom is 0.418 e. The van der Waals surface area contributed by atoms with Crippen molar-refractivity contribution in [2.24, 2.45) is 0 Å². The molecule has 5 nitrogen and oxygen atoms in total. The maximum atomic E-state index is 12.9. The van der Waals surface area contributed by atoms with Gasteiger partial charge in [0.1, 0.15) is 0 Å².